The average molecular weight is 220 g/mol. The van der Waals surface area contributed by atoms with Crippen LogP contribution in [-0.4, -0.2) is 11.8 Å². The van der Waals surface area contributed by atoms with Gasteiger partial charge in [-0.2, -0.15) is 0 Å². The van der Waals surface area contributed by atoms with Crippen LogP contribution in [0.3, 0.4) is 0 Å². The maximum absolute atomic E-state index is 11.3. The molecule has 1 aromatic carbocycles. The molecule has 0 atom stereocenters. The standard InChI is InChI=1S/C12H16N2O2/c1-8(2)12(16)14-7-9-3-5-10(6-4-9)11(13)15/h3-6,8H,7H2,1-2H3,(H2,13,15)(H,14,16). The molecule has 1 aromatic rings. The Bertz CT molecular complexity index is 383. The molecule has 4 nitrogen and oxygen atoms in total. The van der Waals surface area contributed by atoms with Gasteiger partial charge in [-0.05, 0) is 17.7 Å². The summed E-state index contributed by atoms with van der Waals surface area (Å²) in [4.78, 5) is 22.1. The van der Waals surface area contributed by atoms with E-state index in [1.807, 2.05) is 13.8 Å². The number of amides is 2. The lowest BCUT2D eigenvalue weighted by Crippen LogP contribution is -2.27. The molecule has 2 amide bonds. The minimum absolute atomic E-state index is 0.0129. The molecule has 0 saturated carbocycles. The zero-order valence-electron chi connectivity index (χ0n) is 9.49. The molecule has 0 radical (unpaired) electrons. The van der Waals surface area contributed by atoms with Crippen LogP contribution in [0, 0.1) is 5.92 Å². The minimum atomic E-state index is -0.447. The lowest BCUT2D eigenvalue weighted by Gasteiger charge is -2.07. The van der Waals surface area contributed by atoms with Crippen LogP contribution in [0.5, 0.6) is 0 Å². The summed E-state index contributed by atoms with van der Waals surface area (Å²) in [5, 5.41) is 2.79. The van der Waals surface area contributed by atoms with Gasteiger partial charge in [-0.15, -0.1) is 0 Å². The molecule has 1 rings (SSSR count). The SMILES string of the molecule is CC(C)C(=O)NCc1ccc(C(N)=O)cc1. The normalized spacial score (nSPS) is 10.2. The monoisotopic (exact) mass is 220 g/mol. The van der Waals surface area contributed by atoms with E-state index in [0.717, 1.165) is 5.56 Å². The van der Waals surface area contributed by atoms with E-state index in [9.17, 15) is 9.59 Å². The first-order valence-electron chi connectivity index (χ1n) is 5.17. The van der Waals surface area contributed by atoms with Crippen LogP contribution in [0.15, 0.2) is 24.3 Å². The van der Waals surface area contributed by atoms with Crippen LogP contribution in [0.2, 0.25) is 0 Å². The smallest absolute Gasteiger partial charge is 0.248 e. The zero-order chi connectivity index (χ0) is 12.1. The molecule has 0 unspecified atom stereocenters. The lowest BCUT2D eigenvalue weighted by atomic mass is 10.1. The maximum atomic E-state index is 11.3. The van der Waals surface area contributed by atoms with Crippen molar-refractivity contribution in [3.8, 4) is 0 Å². The van der Waals surface area contributed by atoms with Crippen LogP contribution in [0.1, 0.15) is 29.8 Å². The average Bonchev–Trinajstić information content (AvgIpc) is 2.26. The quantitative estimate of drug-likeness (QED) is 0.796. The highest BCUT2D eigenvalue weighted by Gasteiger charge is 2.06. The molecule has 0 bridgehead atoms. The molecule has 4 heteroatoms. The van der Waals surface area contributed by atoms with E-state index in [0.29, 0.717) is 12.1 Å². The highest BCUT2D eigenvalue weighted by molar-refractivity contribution is 5.92. The molecule has 0 heterocycles. The highest BCUT2D eigenvalue weighted by atomic mass is 16.2. The van der Waals surface area contributed by atoms with Crippen LogP contribution >= 0.6 is 0 Å². The number of nitrogens with one attached hydrogen (secondary N) is 1. The summed E-state index contributed by atoms with van der Waals surface area (Å²) >= 11 is 0. The van der Waals surface area contributed by atoms with Crippen molar-refractivity contribution in [2.24, 2.45) is 11.7 Å². The van der Waals surface area contributed by atoms with Crippen molar-refractivity contribution in [2.75, 3.05) is 0 Å². The molecule has 16 heavy (non-hydrogen) atoms. The summed E-state index contributed by atoms with van der Waals surface area (Å²) in [7, 11) is 0. The lowest BCUT2D eigenvalue weighted by molar-refractivity contribution is -0.124. The number of nitrogens with two attached hydrogens (primary N) is 1. The third-order valence-corrected chi connectivity index (χ3v) is 2.23. The summed E-state index contributed by atoms with van der Waals surface area (Å²) in [5.74, 6) is -0.457. The Hall–Kier alpha value is -1.84. The van der Waals surface area contributed by atoms with Crippen LogP contribution < -0.4 is 11.1 Å². The summed E-state index contributed by atoms with van der Waals surface area (Å²) in [6, 6.07) is 6.86. The fourth-order valence-electron chi connectivity index (χ4n) is 1.18. The number of hydrogen-bond acceptors (Lipinski definition) is 2. The Morgan fingerprint density at radius 1 is 1.25 bits per heavy atom. The third-order valence-electron chi connectivity index (χ3n) is 2.23. The summed E-state index contributed by atoms with van der Waals surface area (Å²) in [6.45, 7) is 4.15. The van der Waals surface area contributed by atoms with Gasteiger partial charge in [0.1, 0.15) is 0 Å². The molecule has 0 spiro atoms. The zero-order valence-corrected chi connectivity index (χ0v) is 9.49. The molecular weight excluding hydrogens is 204 g/mol. The van der Waals surface area contributed by atoms with E-state index >= 15 is 0 Å². The molecule has 0 aliphatic carbocycles. The number of benzene rings is 1. The Balaban J connectivity index is 2.56. The number of carbonyl (C=O) groups is 2. The van der Waals surface area contributed by atoms with Crippen molar-refractivity contribution in [1.82, 2.24) is 5.32 Å². The second-order valence-electron chi connectivity index (χ2n) is 3.93. The van der Waals surface area contributed by atoms with Crippen molar-refractivity contribution in [3.63, 3.8) is 0 Å². The molecule has 0 saturated heterocycles. The molecule has 0 fully saturated rings. The van der Waals surface area contributed by atoms with Crippen molar-refractivity contribution in [1.29, 1.82) is 0 Å². The van der Waals surface area contributed by atoms with Crippen LogP contribution in [0.25, 0.3) is 0 Å². The van der Waals surface area contributed by atoms with Gasteiger partial charge in [0.05, 0.1) is 0 Å². The Morgan fingerprint density at radius 2 is 1.81 bits per heavy atom. The van der Waals surface area contributed by atoms with Crippen molar-refractivity contribution < 1.29 is 9.59 Å². The largest absolute Gasteiger partial charge is 0.366 e. The summed E-state index contributed by atoms with van der Waals surface area (Å²) in [6.07, 6.45) is 0. The van der Waals surface area contributed by atoms with Crippen molar-refractivity contribution in [2.45, 2.75) is 20.4 Å². The third kappa shape index (κ3) is 3.38. The molecular formula is C12H16N2O2. The summed E-state index contributed by atoms with van der Waals surface area (Å²) < 4.78 is 0. The first kappa shape index (κ1) is 12.2. The summed E-state index contributed by atoms with van der Waals surface area (Å²) in [5.41, 5.74) is 6.53. The topological polar surface area (TPSA) is 72.2 Å². The second-order valence-corrected chi connectivity index (χ2v) is 3.93. The predicted molar refractivity (Wildman–Crippen MR) is 61.6 cm³/mol. The predicted octanol–water partition coefficient (Wildman–Crippen LogP) is 1.06. The van der Waals surface area contributed by atoms with Gasteiger partial charge < -0.3 is 11.1 Å². The van der Waals surface area contributed by atoms with Gasteiger partial charge in [0.25, 0.3) is 0 Å². The molecule has 86 valence electrons. The van der Waals surface area contributed by atoms with E-state index in [2.05, 4.69) is 5.32 Å². The number of rotatable bonds is 4. The first-order valence-corrected chi connectivity index (χ1v) is 5.17. The van der Waals surface area contributed by atoms with Gasteiger partial charge in [0, 0.05) is 18.0 Å². The van der Waals surface area contributed by atoms with Gasteiger partial charge in [-0.3, -0.25) is 9.59 Å². The second kappa shape index (κ2) is 5.30. The van der Waals surface area contributed by atoms with Crippen LogP contribution in [0.4, 0.5) is 0 Å². The van der Waals surface area contributed by atoms with Crippen LogP contribution in [-0.2, 0) is 11.3 Å². The maximum Gasteiger partial charge on any atom is 0.248 e. The fourth-order valence-corrected chi connectivity index (χ4v) is 1.18. The van der Waals surface area contributed by atoms with Gasteiger partial charge >= 0.3 is 0 Å². The van der Waals surface area contributed by atoms with Gasteiger partial charge in [-0.25, -0.2) is 0 Å². The molecule has 0 aliphatic heterocycles. The molecule has 0 aromatic heterocycles. The number of primary amides is 1. The molecule has 3 N–H and O–H groups in total. The van der Waals surface area contributed by atoms with Crippen molar-refractivity contribution in [3.05, 3.63) is 35.4 Å². The van der Waals surface area contributed by atoms with E-state index < -0.39 is 5.91 Å². The number of hydrogen-bond donors (Lipinski definition) is 2. The van der Waals surface area contributed by atoms with Gasteiger partial charge in [-0.1, -0.05) is 26.0 Å². The van der Waals surface area contributed by atoms with E-state index in [-0.39, 0.29) is 11.8 Å². The van der Waals surface area contributed by atoms with E-state index in [4.69, 9.17) is 5.73 Å². The molecule has 0 aliphatic rings. The van der Waals surface area contributed by atoms with E-state index in [1.54, 1.807) is 24.3 Å². The minimum Gasteiger partial charge on any atom is -0.366 e. The van der Waals surface area contributed by atoms with Gasteiger partial charge in [0.2, 0.25) is 11.8 Å². The highest BCUT2D eigenvalue weighted by Crippen LogP contribution is 2.04. The Kier molecular flexibility index (Phi) is 4.05. The number of carbonyl (C=O) groups excluding carboxylic acids is 2. The Morgan fingerprint density at radius 3 is 2.25 bits per heavy atom. The Labute approximate surface area is 94.8 Å². The first-order chi connectivity index (χ1) is 7.50. The van der Waals surface area contributed by atoms with Gasteiger partial charge in [0.15, 0.2) is 0 Å². The van der Waals surface area contributed by atoms with E-state index in [1.165, 1.54) is 0 Å². The fraction of sp³-hybridized carbons (Fsp3) is 0.333. The van der Waals surface area contributed by atoms with Crippen molar-refractivity contribution >= 4 is 11.8 Å².